The van der Waals surface area contributed by atoms with Crippen molar-refractivity contribution in [3.63, 3.8) is 0 Å². The number of fused-ring (bicyclic) bond motifs is 1. The number of rotatable bonds is 0. The van der Waals surface area contributed by atoms with Crippen LogP contribution in [-0.4, -0.2) is 65.9 Å². The summed E-state index contributed by atoms with van der Waals surface area (Å²) < 4.78 is 0. The van der Waals surface area contributed by atoms with Crippen LogP contribution >= 0.6 is 0 Å². The summed E-state index contributed by atoms with van der Waals surface area (Å²) in [7, 11) is 1.83. The summed E-state index contributed by atoms with van der Waals surface area (Å²) >= 11 is 0. The Labute approximate surface area is 89.8 Å². The second kappa shape index (κ2) is 3.38. The van der Waals surface area contributed by atoms with Gasteiger partial charge in [0.1, 0.15) is 5.54 Å². The molecule has 0 aromatic heterocycles. The van der Waals surface area contributed by atoms with Gasteiger partial charge in [-0.15, -0.1) is 0 Å². The molecule has 1 atom stereocenters. The molecule has 0 aromatic carbocycles. The highest BCUT2D eigenvalue weighted by molar-refractivity contribution is 5.87. The topological polar surface area (TPSA) is 50.6 Å². The lowest BCUT2D eigenvalue weighted by Gasteiger charge is -2.51. The molecule has 5 heteroatoms. The minimum Gasteiger partial charge on any atom is -0.343 e. The molecule has 0 spiro atoms. The molecular formula is C10H16N4O. The number of hydrogen-bond acceptors (Lipinski definition) is 4. The molecule has 0 N–H and O–H groups in total. The van der Waals surface area contributed by atoms with E-state index in [1.54, 1.807) is 9.80 Å². The van der Waals surface area contributed by atoms with Crippen LogP contribution in [0.4, 0.5) is 0 Å². The molecule has 0 radical (unpaired) electrons. The fraction of sp³-hybridized carbons (Fsp3) is 0.800. The second-order valence-corrected chi connectivity index (χ2v) is 4.51. The average Bonchev–Trinajstić information content (AvgIpc) is 2.24. The Morgan fingerprint density at radius 2 is 2.00 bits per heavy atom. The number of piperazine rings is 2. The van der Waals surface area contributed by atoms with E-state index < -0.39 is 5.54 Å². The Bertz CT molecular complexity index is 324. The summed E-state index contributed by atoms with van der Waals surface area (Å²) in [6.45, 7) is 5.72. The Morgan fingerprint density at radius 1 is 1.33 bits per heavy atom. The first kappa shape index (κ1) is 10.2. The van der Waals surface area contributed by atoms with Crippen molar-refractivity contribution in [2.45, 2.75) is 12.5 Å². The summed E-state index contributed by atoms with van der Waals surface area (Å²) in [5, 5.41) is 8.88. The van der Waals surface area contributed by atoms with Crippen molar-refractivity contribution in [3.8, 4) is 6.19 Å². The summed E-state index contributed by atoms with van der Waals surface area (Å²) in [5.74, 6) is 0.133. The van der Waals surface area contributed by atoms with Crippen LogP contribution in [0.1, 0.15) is 6.92 Å². The molecule has 2 rings (SSSR count). The van der Waals surface area contributed by atoms with Gasteiger partial charge in [-0.1, -0.05) is 0 Å². The van der Waals surface area contributed by atoms with E-state index in [0.29, 0.717) is 6.54 Å². The van der Waals surface area contributed by atoms with Crippen LogP contribution in [0.15, 0.2) is 0 Å². The molecule has 15 heavy (non-hydrogen) atoms. The van der Waals surface area contributed by atoms with Gasteiger partial charge in [-0.25, -0.2) is 0 Å². The molecule has 0 aromatic rings. The third-order valence-corrected chi connectivity index (χ3v) is 3.49. The minimum absolute atomic E-state index is 0.133. The van der Waals surface area contributed by atoms with Crippen LogP contribution in [-0.2, 0) is 4.79 Å². The van der Waals surface area contributed by atoms with E-state index in [0.717, 1.165) is 26.2 Å². The Kier molecular flexibility index (Phi) is 2.31. The van der Waals surface area contributed by atoms with Crippen LogP contribution in [0, 0.1) is 11.5 Å². The van der Waals surface area contributed by atoms with Crippen LogP contribution in [0.3, 0.4) is 0 Å². The standard InChI is InChI=1S/C10H16N4O/c1-10-7-13(8-11)4-6-14(10)5-3-12(2)9(10)15/h3-7H2,1-2H3. The molecule has 2 aliphatic rings. The summed E-state index contributed by atoms with van der Waals surface area (Å²) in [5.41, 5.74) is -0.499. The minimum atomic E-state index is -0.499. The first-order valence-corrected chi connectivity index (χ1v) is 5.23. The van der Waals surface area contributed by atoms with E-state index in [9.17, 15) is 4.79 Å². The maximum Gasteiger partial charge on any atom is 0.244 e. The highest BCUT2D eigenvalue weighted by atomic mass is 16.2. The number of nitriles is 1. The highest BCUT2D eigenvalue weighted by Crippen LogP contribution is 2.26. The maximum absolute atomic E-state index is 12.1. The van der Waals surface area contributed by atoms with Crippen molar-refractivity contribution < 1.29 is 4.79 Å². The molecule has 2 fully saturated rings. The van der Waals surface area contributed by atoms with E-state index in [2.05, 4.69) is 11.1 Å². The molecule has 82 valence electrons. The number of amides is 1. The zero-order valence-electron chi connectivity index (χ0n) is 9.23. The largest absolute Gasteiger partial charge is 0.343 e. The summed E-state index contributed by atoms with van der Waals surface area (Å²) in [6.07, 6.45) is 2.13. The lowest BCUT2D eigenvalue weighted by atomic mass is 9.92. The van der Waals surface area contributed by atoms with E-state index in [4.69, 9.17) is 5.26 Å². The molecule has 0 aliphatic carbocycles. The van der Waals surface area contributed by atoms with Crippen LogP contribution in [0.5, 0.6) is 0 Å². The predicted octanol–water partition coefficient (Wildman–Crippen LogP) is -0.684. The van der Waals surface area contributed by atoms with Gasteiger partial charge in [-0.05, 0) is 6.92 Å². The van der Waals surface area contributed by atoms with Crippen LogP contribution in [0.25, 0.3) is 0 Å². The Hall–Kier alpha value is -1.28. The molecule has 0 bridgehead atoms. The number of carbonyl (C=O) groups excluding carboxylic acids is 1. The van der Waals surface area contributed by atoms with Gasteiger partial charge in [0.15, 0.2) is 6.19 Å². The van der Waals surface area contributed by atoms with E-state index >= 15 is 0 Å². The van der Waals surface area contributed by atoms with E-state index in [-0.39, 0.29) is 5.91 Å². The van der Waals surface area contributed by atoms with E-state index in [1.165, 1.54) is 0 Å². The lowest BCUT2D eigenvalue weighted by molar-refractivity contribution is -0.152. The third kappa shape index (κ3) is 1.45. The van der Waals surface area contributed by atoms with Gasteiger partial charge in [0.05, 0.1) is 6.54 Å². The van der Waals surface area contributed by atoms with Crippen molar-refractivity contribution in [1.82, 2.24) is 14.7 Å². The maximum atomic E-state index is 12.1. The van der Waals surface area contributed by atoms with Gasteiger partial charge in [0.2, 0.25) is 5.91 Å². The molecule has 2 heterocycles. The normalized spacial score (nSPS) is 32.5. The lowest BCUT2D eigenvalue weighted by Crippen LogP contribution is -2.70. The zero-order valence-corrected chi connectivity index (χ0v) is 9.23. The van der Waals surface area contributed by atoms with Crippen molar-refractivity contribution in [1.29, 1.82) is 5.26 Å². The van der Waals surface area contributed by atoms with E-state index in [1.807, 2.05) is 14.0 Å². The molecule has 2 aliphatic heterocycles. The predicted molar refractivity (Wildman–Crippen MR) is 54.8 cm³/mol. The molecule has 5 nitrogen and oxygen atoms in total. The number of hydrogen-bond donors (Lipinski definition) is 0. The molecule has 2 saturated heterocycles. The SMILES string of the molecule is CN1CCN2CCN(C#N)CC2(C)C1=O. The Morgan fingerprint density at radius 3 is 2.67 bits per heavy atom. The van der Waals surface area contributed by atoms with Gasteiger partial charge in [0, 0.05) is 33.2 Å². The van der Waals surface area contributed by atoms with Crippen molar-refractivity contribution in [2.75, 3.05) is 39.8 Å². The third-order valence-electron chi connectivity index (χ3n) is 3.49. The molecule has 0 saturated carbocycles. The van der Waals surface area contributed by atoms with Gasteiger partial charge in [-0.2, -0.15) is 5.26 Å². The first-order chi connectivity index (χ1) is 7.08. The number of carbonyl (C=O) groups is 1. The number of nitrogens with zero attached hydrogens (tertiary/aromatic N) is 4. The first-order valence-electron chi connectivity index (χ1n) is 5.23. The second-order valence-electron chi connectivity index (χ2n) is 4.51. The van der Waals surface area contributed by atoms with Gasteiger partial charge in [0.25, 0.3) is 0 Å². The van der Waals surface area contributed by atoms with Crippen molar-refractivity contribution in [2.24, 2.45) is 0 Å². The van der Waals surface area contributed by atoms with Gasteiger partial charge >= 0.3 is 0 Å². The molecular weight excluding hydrogens is 192 g/mol. The zero-order chi connectivity index (χ0) is 11.1. The summed E-state index contributed by atoms with van der Waals surface area (Å²) in [6, 6.07) is 0. The average molecular weight is 208 g/mol. The highest BCUT2D eigenvalue weighted by Gasteiger charge is 2.47. The quantitative estimate of drug-likeness (QED) is 0.495. The van der Waals surface area contributed by atoms with Crippen molar-refractivity contribution in [3.05, 3.63) is 0 Å². The molecule has 1 amide bonds. The fourth-order valence-electron chi connectivity index (χ4n) is 2.47. The van der Waals surface area contributed by atoms with Crippen LogP contribution in [0.2, 0.25) is 0 Å². The fourth-order valence-corrected chi connectivity index (χ4v) is 2.47. The monoisotopic (exact) mass is 208 g/mol. The van der Waals surface area contributed by atoms with Crippen LogP contribution < -0.4 is 0 Å². The molecule has 1 unspecified atom stereocenters. The Balaban J connectivity index is 2.23. The van der Waals surface area contributed by atoms with Gasteiger partial charge in [-0.3, -0.25) is 9.69 Å². The number of likely N-dealkylation sites (N-methyl/N-ethyl adjacent to an activating group) is 1. The van der Waals surface area contributed by atoms with Gasteiger partial charge < -0.3 is 9.80 Å². The smallest absolute Gasteiger partial charge is 0.244 e. The van der Waals surface area contributed by atoms with Crippen molar-refractivity contribution >= 4 is 5.91 Å². The summed E-state index contributed by atoms with van der Waals surface area (Å²) in [4.78, 5) is 17.7.